The van der Waals surface area contributed by atoms with Gasteiger partial charge in [0.15, 0.2) is 0 Å². The Labute approximate surface area is 117 Å². The molecular weight excluding hydrogens is 240 g/mol. The lowest BCUT2D eigenvalue weighted by Gasteiger charge is -2.39. The van der Waals surface area contributed by atoms with Gasteiger partial charge in [-0.1, -0.05) is 13.8 Å². The van der Waals surface area contributed by atoms with Crippen molar-refractivity contribution in [3.8, 4) is 0 Å². The van der Waals surface area contributed by atoms with E-state index in [0.29, 0.717) is 5.41 Å². The predicted molar refractivity (Wildman–Crippen MR) is 78.3 cm³/mol. The van der Waals surface area contributed by atoms with Crippen molar-refractivity contribution in [2.75, 3.05) is 26.2 Å². The molecule has 0 bridgehead atoms. The first-order valence-corrected chi connectivity index (χ1v) is 7.44. The zero-order valence-corrected chi connectivity index (χ0v) is 13.2. The van der Waals surface area contributed by atoms with Crippen LogP contribution in [-0.4, -0.2) is 42.8 Å². The molecule has 4 heteroatoms. The van der Waals surface area contributed by atoms with E-state index < -0.39 is 5.60 Å². The SMILES string of the molecule is CCCNCC1(C)CCN(C(=O)OC(C)(C)C)CC1. The molecule has 0 aliphatic carbocycles. The van der Waals surface area contributed by atoms with Crippen molar-refractivity contribution in [3.63, 3.8) is 0 Å². The van der Waals surface area contributed by atoms with E-state index in [1.807, 2.05) is 25.7 Å². The number of amides is 1. The lowest BCUT2D eigenvalue weighted by molar-refractivity contribution is 0.0120. The topological polar surface area (TPSA) is 41.6 Å². The molecule has 1 rings (SSSR count). The van der Waals surface area contributed by atoms with E-state index in [0.717, 1.165) is 39.0 Å². The smallest absolute Gasteiger partial charge is 0.410 e. The van der Waals surface area contributed by atoms with E-state index in [9.17, 15) is 4.79 Å². The zero-order valence-electron chi connectivity index (χ0n) is 13.2. The second-order valence-electron chi connectivity index (χ2n) is 6.95. The molecule has 1 saturated heterocycles. The molecular formula is C15H30N2O2. The van der Waals surface area contributed by atoms with E-state index >= 15 is 0 Å². The minimum Gasteiger partial charge on any atom is -0.444 e. The molecule has 0 aromatic heterocycles. The molecule has 0 radical (unpaired) electrons. The molecule has 1 amide bonds. The lowest BCUT2D eigenvalue weighted by Crippen LogP contribution is -2.47. The van der Waals surface area contributed by atoms with E-state index in [4.69, 9.17) is 4.74 Å². The maximum Gasteiger partial charge on any atom is 0.410 e. The Kier molecular flexibility index (Phi) is 5.65. The number of likely N-dealkylation sites (tertiary alicyclic amines) is 1. The third kappa shape index (κ3) is 5.81. The van der Waals surface area contributed by atoms with Gasteiger partial charge in [-0.3, -0.25) is 0 Å². The molecule has 0 atom stereocenters. The molecule has 1 fully saturated rings. The number of nitrogens with one attached hydrogen (secondary N) is 1. The Bertz CT molecular complexity index is 289. The Morgan fingerprint density at radius 3 is 2.37 bits per heavy atom. The molecule has 1 aliphatic rings. The van der Waals surface area contributed by atoms with Crippen molar-refractivity contribution in [1.29, 1.82) is 0 Å². The summed E-state index contributed by atoms with van der Waals surface area (Å²) >= 11 is 0. The highest BCUT2D eigenvalue weighted by molar-refractivity contribution is 5.68. The first-order valence-electron chi connectivity index (χ1n) is 7.44. The quantitative estimate of drug-likeness (QED) is 0.798. The Hall–Kier alpha value is -0.770. The lowest BCUT2D eigenvalue weighted by atomic mass is 9.80. The minimum atomic E-state index is -0.402. The molecule has 112 valence electrons. The van der Waals surface area contributed by atoms with Crippen LogP contribution in [0.5, 0.6) is 0 Å². The summed E-state index contributed by atoms with van der Waals surface area (Å²) in [5.74, 6) is 0. The van der Waals surface area contributed by atoms with E-state index in [-0.39, 0.29) is 6.09 Å². The number of hydrogen-bond donors (Lipinski definition) is 1. The highest BCUT2D eigenvalue weighted by atomic mass is 16.6. The van der Waals surface area contributed by atoms with E-state index in [1.54, 1.807) is 0 Å². The summed E-state index contributed by atoms with van der Waals surface area (Å²) < 4.78 is 5.42. The number of rotatable bonds is 4. The number of piperidine rings is 1. The summed E-state index contributed by atoms with van der Waals surface area (Å²) in [5.41, 5.74) is -0.0891. The molecule has 1 aliphatic heterocycles. The fraction of sp³-hybridized carbons (Fsp3) is 0.933. The van der Waals surface area contributed by atoms with E-state index in [1.165, 1.54) is 6.42 Å². The average Bonchev–Trinajstić information content (AvgIpc) is 2.27. The monoisotopic (exact) mass is 270 g/mol. The van der Waals surface area contributed by atoms with Crippen molar-refractivity contribution in [2.45, 2.75) is 59.5 Å². The molecule has 1 heterocycles. The van der Waals surface area contributed by atoms with Gasteiger partial charge in [-0.25, -0.2) is 4.79 Å². The van der Waals surface area contributed by atoms with Crippen LogP contribution in [0, 0.1) is 5.41 Å². The van der Waals surface area contributed by atoms with Crippen molar-refractivity contribution in [1.82, 2.24) is 10.2 Å². The number of hydrogen-bond acceptors (Lipinski definition) is 3. The normalized spacial score (nSPS) is 19.3. The number of carbonyl (C=O) groups is 1. The first-order chi connectivity index (χ1) is 8.76. The van der Waals surface area contributed by atoms with Gasteiger partial charge in [0.1, 0.15) is 5.60 Å². The number of ether oxygens (including phenoxy) is 1. The van der Waals surface area contributed by atoms with Crippen molar-refractivity contribution < 1.29 is 9.53 Å². The highest BCUT2D eigenvalue weighted by Crippen LogP contribution is 2.30. The summed E-state index contributed by atoms with van der Waals surface area (Å²) in [7, 11) is 0. The first kappa shape index (κ1) is 16.3. The van der Waals surface area contributed by atoms with Crippen LogP contribution in [0.3, 0.4) is 0 Å². The van der Waals surface area contributed by atoms with Crippen LogP contribution in [0.15, 0.2) is 0 Å². The predicted octanol–water partition coefficient (Wildman–Crippen LogP) is 3.02. The molecule has 0 aromatic carbocycles. The molecule has 0 aromatic rings. The zero-order chi connectivity index (χ0) is 14.5. The van der Waals surface area contributed by atoms with Crippen LogP contribution in [0.1, 0.15) is 53.9 Å². The summed E-state index contributed by atoms with van der Waals surface area (Å²) in [5, 5.41) is 3.49. The summed E-state index contributed by atoms with van der Waals surface area (Å²) in [6.45, 7) is 13.9. The number of carbonyl (C=O) groups excluding carboxylic acids is 1. The van der Waals surface area contributed by atoms with Crippen LogP contribution >= 0.6 is 0 Å². The Balaban J connectivity index is 2.37. The highest BCUT2D eigenvalue weighted by Gasteiger charge is 2.33. The van der Waals surface area contributed by atoms with Gasteiger partial charge in [0.05, 0.1) is 0 Å². The standard InChI is InChI=1S/C15H30N2O2/c1-6-9-16-12-15(5)7-10-17(11-8-15)13(18)19-14(2,3)4/h16H,6-12H2,1-5H3. The number of nitrogens with zero attached hydrogens (tertiary/aromatic N) is 1. The van der Waals surface area contributed by atoms with Crippen molar-refractivity contribution >= 4 is 6.09 Å². The Morgan fingerprint density at radius 2 is 1.89 bits per heavy atom. The van der Waals surface area contributed by atoms with Crippen LogP contribution in [0.4, 0.5) is 4.79 Å². The summed E-state index contributed by atoms with van der Waals surface area (Å²) in [4.78, 5) is 13.8. The van der Waals surface area contributed by atoms with Gasteiger partial charge in [-0.05, 0) is 52.0 Å². The fourth-order valence-electron chi connectivity index (χ4n) is 2.30. The molecule has 0 unspecified atom stereocenters. The third-order valence-corrected chi connectivity index (χ3v) is 3.60. The fourth-order valence-corrected chi connectivity index (χ4v) is 2.30. The van der Waals surface area contributed by atoms with Gasteiger partial charge < -0.3 is 15.0 Å². The summed E-state index contributed by atoms with van der Waals surface area (Å²) in [6.07, 6.45) is 3.09. The molecule has 0 spiro atoms. The molecule has 1 N–H and O–H groups in total. The minimum absolute atomic E-state index is 0.170. The van der Waals surface area contributed by atoms with Crippen LogP contribution in [0.25, 0.3) is 0 Å². The van der Waals surface area contributed by atoms with Crippen LogP contribution in [0.2, 0.25) is 0 Å². The van der Waals surface area contributed by atoms with E-state index in [2.05, 4.69) is 19.2 Å². The Morgan fingerprint density at radius 1 is 1.32 bits per heavy atom. The van der Waals surface area contributed by atoms with Gasteiger partial charge in [-0.15, -0.1) is 0 Å². The largest absolute Gasteiger partial charge is 0.444 e. The van der Waals surface area contributed by atoms with Gasteiger partial charge in [0.2, 0.25) is 0 Å². The van der Waals surface area contributed by atoms with Crippen molar-refractivity contribution in [2.24, 2.45) is 5.41 Å². The van der Waals surface area contributed by atoms with Gasteiger partial charge in [-0.2, -0.15) is 0 Å². The molecule has 4 nitrogen and oxygen atoms in total. The molecule has 0 saturated carbocycles. The molecule has 19 heavy (non-hydrogen) atoms. The van der Waals surface area contributed by atoms with Gasteiger partial charge in [0, 0.05) is 19.6 Å². The average molecular weight is 270 g/mol. The summed E-state index contributed by atoms with van der Waals surface area (Å²) in [6, 6.07) is 0. The second kappa shape index (κ2) is 6.60. The van der Waals surface area contributed by atoms with Crippen LogP contribution < -0.4 is 5.32 Å². The van der Waals surface area contributed by atoms with Gasteiger partial charge >= 0.3 is 6.09 Å². The van der Waals surface area contributed by atoms with Crippen LogP contribution in [-0.2, 0) is 4.74 Å². The third-order valence-electron chi connectivity index (χ3n) is 3.60. The maximum absolute atomic E-state index is 12.0. The maximum atomic E-state index is 12.0. The second-order valence-corrected chi connectivity index (χ2v) is 6.95. The van der Waals surface area contributed by atoms with Gasteiger partial charge in [0.25, 0.3) is 0 Å². The van der Waals surface area contributed by atoms with Crippen molar-refractivity contribution in [3.05, 3.63) is 0 Å².